The Bertz CT molecular complexity index is 438. The van der Waals surface area contributed by atoms with Gasteiger partial charge in [0.05, 0.1) is 0 Å². The van der Waals surface area contributed by atoms with E-state index in [1.165, 1.54) is 11.8 Å². The van der Waals surface area contributed by atoms with Crippen molar-refractivity contribution in [2.75, 3.05) is 5.73 Å². The molecule has 0 spiro atoms. The summed E-state index contributed by atoms with van der Waals surface area (Å²) >= 11 is 1.48. The number of benzene rings is 1. The highest BCUT2D eigenvalue weighted by Crippen LogP contribution is 2.30. The van der Waals surface area contributed by atoms with Gasteiger partial charge in [0.25, 0.3) is 0 Å². The first-order valence-electron chi connectivity index (χ1n) is 5.95. The van der Waals surface area contributed by atoms with Crippen LogP contribution in [0.5, 0.6) is 0 Å². The van der Waals surface area contributed by atoms with Gasteiger partial charge in [-0.3, -0.25) is 4.79 Å². The van der Waals surface area contributed by atoms with Crippen molar-refractivity contribution in [3.63, 3.8) is 0 Å². The molecule has 0 amide bonds. The Hall–Kier alpha value is -1.16. The van der Waals surface area contributed by atoms with Crippen LogP contribution in [0.25, 0.3) is 0 Å². The van der Waals surface area contributed by atoms with Crippen molar-refractivity contribution in [3.8, 4) is 0 Å². The van der Waals surface area contributed by atoms with E-state index >= 15 is 0 Å². The van der Waals surface area contributed by atoms with Gasteiger partial charge in [-0.15, -0.1) is 11.8 Å². The molecule has 0 saturated carbocycles. The summed E-state index contributed by atoms with van der Waals surface area (Å²) in [7, 11) is 0. The molecule has 0 fully saturated rings. The van der Waals surface area contributed by atoms with E-state index in [9.17, 15) is 4.79 Å². The molecular formula is C14H21NO2S. The summed E-state index contributed by atoms with van der Waals surface area (Å²) < 4.78 is 5.35. The molecule has 1 aromatic rings. The van der Waals surface area contributed by atoms with Crippen molar-refractivity contribution in [1.29, 1.82) is 0 Å². The fourth-order valence-corrected chi connectivity index (χ4v) is 2.36. The zero-order valence-electron chi connectivity index (χ0n) is 11.6. The number of ether oxygens (including phenoxy) is 1. The molecule has 2 N–H and O–H groups in total. The third-order valence-electron chi connectivity index (χ3n) is 2.37. The van der Waals surface area contributed by atoms with E-state index in [1.807, 2.05) is 52.8 Å². The van der Waals surface area contributed by atoms with Gasteiger partial charge in [0.15, 0.2) is 0 Å². The van der Waals surface area contributed by atoms with Gasteiger partial charge in [-0.25, -0.2) is 0 Å². The lowest BCUT2D eigenvalue weighted by Crippen LogP contribution is -2.28. The molecule has 0 saturated heterocycles. The van der Waals surface area contributed by atoms with E-state index in [0.29, 0.717) is 0 Å². The first-order valence-corrected chi connectivity index (χ1v) is 6.83. The maximum absolute atomic E-state index is 11.9. The summed E-state index contributed by atoms with van der Waals surface area (Å²) in [6.45, 7) is 9.41. The highest BCUT2D eigenvalue weighted by Gasteiger charge is 2.23. The summed E-state index contributed by atoms with van der Waals surface area (Å²) in [6.07, 6.45) is 0. The fraction of sp³-hybridized carbons (Fsp3) is 0.500. The lowest BCUT2D eigenvalue weighted by Gasteiger charge is -2.22. The molecule has 100 valence electrons. The third-order valence-corrected chi connectivity index (χ3v) is 3.61. The number of carbonyl (C=O) groups is 1. The van der Waals surface area contributed by atoms with E-state index in [2.05, 4.69) is 0 Å². The van der Waals surface area contributed by atoms with Crippen molar-refractivity contribution < 1.29 is 9.53 Å². The van der Waals surface area contributed by atoms with Gasteiger partial charge in [-0.2, -0.15) is 0 Å². The molecule has 0 radical (unpaired) electrons. The Balaban J connectivity index is 2.73. The monoisotopic (exact) mass is 267 g/mol. The van der Waals surface area contributed by atoms with Crippen LogP contribution in [0, 0.1) is 6.92 Å². The van der Waals surface area contributed by atoms with E-state index in [-0.39, 0.29) is 11.2 Å². The summed E-state index contributed by atoms with van der Waals surface area (Å²) in [4.78, 5) is 12.9. The second-order valence-electron chi connectivity index (χ2n) is 5.26. The minimum absolute atomic E-state index is 0.200. The van der Waals surface area contributed by atoms with E-state index in [4.69, 9.17) is 10.5 Å². The van der Waals surface area contributed by atoms with Crippen LogP contribution in [0.2, 0.25) is 0 Å². The van der Waals surface area contributed by atoms with Crippen molar-refractivity contribution in [2.24, 2.45) is 0 Å². The van der Waals surface area contributed by atoms with Gasteiger partial charge in [0.2, 0.25) is 0 Å². The van der Waals surface area contributed by atoms with Crippen LogP contribution in [-0.4, -0.2) is 16.8 Å². The predicted octanol–water partition coefficient (Wildman–Crippen LogP) is 3.40. The number of anilines is 1. The van der Waals surface area contributed by atoms with E-state index in [1.54, 1.807) is 0 Å². The molecule has 3 nitrogen and oxygen atoms in total. The number of nitrogen functional groups attached to an aromatic ring is 1. The maximum Gasteiger partial charge on any atom is 0.319 e. The van der Waals surface area contributed by atoms with Crippen molar-refractivity contribution in [1.82, 2.24) is 0 Å². The molecule has 1 atom stereocenters. The average Bonchev–Trinajstić information content (AvgIpc) is 2.22. The SMILES string of the molecule is Cc1c(N)cccc1SC(C)C(=O)OC(C)(C)C. The van der Waals surface area contributed by atoms with Crippen LogP contribution in [0.1, 0.15) is 33.3 Å². The summed E-state index contributed by atoms with van der Waals surface area (Å²) in [5, 5.41) is -0.246. The molecule has 0 heterocycles. The van der Waals surface area contributed by atoms with Crippen LogP contribution in [0.4, 0.5) is 5.69 Å². The molecule has 0 bridgehead atoms. The molecule has 1 unspecified atom stereocenters. The Morgan fingerprint density at radius 2 is 2.00 bits per heavy atom. The molecule has 1 rings (SSSR count). The predicted molar refractivity (Wildman–Crippen MR) is 76.8 cm³/mol. The highest BCUT2D eigenvalue weighted by atomic mass is 32.2. The molecule has 0 aliphatic carbocycles. The van der Waals surface area contributed by atoms with Crippen molar-refractivity contribution >= 4 is 23.4 Å². The first kappa shape index (κ1) is 14.9. The second kappa shape index (κ2) is 5.65. The molecule has 0 aliphatic rings. The minimum atomic E-state index is -0.448. The molecular weight excluding hydrogens is 246 g/mol. The number of rotatable bonds is 3. The summed E-state index contributed by atoms with van der Waals surface area (Å²) in [6, 6.07) is 5.72. The zero-order valence-corrected chi connectivity index (χ0v) is 12.4. The Labute approximate surface area is 113 Å². The number of esters is 1. The third kappa shape index (κ3) is 4.26. The van der Waals surface area contributed by atoms with Crippen LogP contribution in [0.3, 0.4) is 0 Å². The Morgan fingerprint density at radius 1 is 1.39 bits per heavy atom. The minimum Gasteiger partial charge on any atom is -0.459 e. The van der Waals surface area contributed by atoms with Crippen molar-refractivity contribution in [2.45, 2.75) is 50.4 Å². The smallest absolute Gasteiger partial charge is 0.319 e. The van der Waals surface area contributed by atoms with Gasteiger partial charge in [-0.1, -0.05) is 6.07 Å². The van der Waals surface area contributed by atoms with E-state index < -0.39 is 5.60 Å². The summed E-state index contributed by atoms with van der Waals surface area (Å²) in [5.74, 6) is -0.200. The Kier molecular flexibility index (Phi) is 4.68. The molecule has 1 aromatic carbocycles. The normalized spacial score (nSPS) is 13.2. The largest absolute Gasteiger partial charge is 0.459 e. The van der Waals surface area contributed by atoms with Crippen molar-refractivity contribution in [3.05, 3.63) is 23.8 Å². The van der Waals surface area contributed by atoms with Gasteiger partial charge >= 0.3 is 5.97 Å². The van der Waals surface area contributed by atoms with Gasteiger partial charge < -0.3 is 10.5 Å². The molecule has 0 aliphatic heterocycles. The zero-order chi connectivity index (χ0) is 13.9. The Morgan fingerprint density at radius 3 is 2.56 bits per heavy atom. The first-order chi connectivity index (χ1) is 8.20. The van der Waals surface area contributed by atoms with Crippen LogP contribution < -0.4 is 5.73 Å². The van der Waals surface area contributed by atoms with Gasteiger partial charge in [0.1, 0.15) is 10.9 Å². The number of hydrogen-bond acceptors (Lipinski definition) is 4. The van der Waals surface area contributed by atoms with E-state index in [0.717, 1.165) is 16.1 Å². The average molecular weight is 267 g/mol. The van der Waals surface area contributed by atoms with Gasteiger partial charge in [0, 0.05) is 10.6 Å². The number of hydrogen-bond donors (Lipinski definition) is 1. The standard InChI is InChI=1S/C14H21NO2S/c1-9-11(15)7-6-8-12(9)18-10(2)13(16)17-14(3,4)5/h6-8,10H,15H2,1-5H3. The number of thioether (sulfide) groups is 1. The van der Waals surface area contributed by atoms with Crippen LogP contribution >= 0.6 is 11.8 Å². The maximum atomic E-state index is 11.9. The fourth-order valence-electron chi connectivity index (χ4n) is 1.38. The lowest BCUT2D eigenvalue weighted by molar-refractivity contribution is -0.153. The lowest BCUT2D eigenvalue weighted by atomic mass is 10.2. The molecule has 18 heavy (non-hydrogen) atoms. The van der Waals surface area contributed by atoms with Crippen LogP contribution in [-0.2, 0) is 9.53 Å². The number of nitrogens with two attached hydrogens (primary N) is 1. The van der Waals surface area contributed by atoms with Gasteiger partial charge in [-0.05, 0) is 52.3 Å². The molecule has 0 aromatic heterocycles. The summed E-state index contributed by atoms with van der Waals surface area (Å²) in [5.41, 5.74) is 7.16. The van der Waals surface area contributed by atoms with Crippen LogP contribution in [0.15, 0.2) is 23.1 Å². The topological polar surface area (TPSA) is 52.3 Å². The highest BCUT2D eigenvalue weighted by molar-refractivity contribution is 8.00. The second-order valence-corrected chi connectivity index (χ2v) is 6.65. The quantitative estimate of drug-likeness (QED) is 0.518. The number of carbonyl (C=O) groups excluding carboxylic acids is 1. The molecule has 4 heteroatoms.